The molecule has 0 saturated carbocycles. The molecule has 4 N–H and O–H groups in total. The van der Waals surface area contributed by atoms with Crippen LogP contribution >= 0.6 is 0 Å². The SMILES string of the molecule is CCCCCc1cc2c(c(N)c1N)Cc1ccccc1-2. The quantitative estimate of drug-likeness (QED) is 0.550. The number of hydrogen-bond acceptors (Lipinski definition) is 2. The van der Waals surface area contributed by atoms with Crippen LogP contribution in [0.1, 0.15) is 42.9 Å². The van der Waals surface area contributed by atoms with Crippen LogP contribution in [-0.2, 0) is 12.8 Å². The first-order valence-electron chi connectivity index (χ1n) is 7.50. The zero-order valence-electron chi connectivity index (χ0n) is 12.1. The lowest BCUT2D eigenvalue weighted by molar-refractivity contribution is 0.718. The molecule has 0 aromatic heterocycles. The van der Waals surface area contributed by atoms with Gasteiger partial charge in [-0.15, -0.1) is 0 Å². The van der Waals surface area contributed by atoms with Gasteiger partial charge in [0.15, 0.2) is 0 Å². The fourth-order valence-electron chi connectivity index (χ4n) is 3.15. The van der Waals surface area contributed by atoms with E-state index in [0.717, 1.165) is 24.2 Å². The number of hydrogen-bond donors (Lipinski definition) is 2. The molecule has 0 fully saturated rings. The second kappa shape index (κ2) is 5.20. The molecular weight excluding hydrogens is 244 g/mol. The Balaban J connectivity index is 2.03. The van der Waals surface area contributed by atoms with Crippen molar-refractivity contribution >= 4 is 11.4 Å². The number of nitrogens with two attached hydrogens (primary N) is 2. The van der Waals surface area contributed by atoms with Gasteiger partial charge in [0.2, 0.25) is 0 Å². The minimum atomic E-state index is 0.796. The van der Waals surface area contributed by atoms with E-state index >= 15 is 0 Å². The molecule has 1 aliphatic rings. The predicted molar refractivity (Wildman–Crippen MR) is 86.7 cm³/mol. The molecule has 0 bridgehead atoms. The molecule has 20 heavy (non-hydrogen) atoms. The third kappa shape index (κ3) is 2.05. The van der Waals surface area contributed by atoms with Crippen molar-refractivity contribution in [3.05, 3.63) is 47.0 Å². The van der Waals surface area contributed by atoms with Crippen molar-refractivity contribution in [3.63, 3.8) is 0 Å². The summed E-state index contributed by atoms with van der Waals surface area (Å²) in [4.78, 5) is 0. The normalized spacial score (nSPS) is 12.2. The highest BCUT2D eigenvalue weighted by Crippen LogP contribution is 2.43. The van der Waals surface area contributed by atoms with Crippen LogP contribution in [0.3, 0.4) is 0 Å². The second-order valence-electron chi connectivity index (χ2n) is 5.68. The first-order chi connectivity index (χ1) is 9.72. The molecule has 104 valence electrons. The highest BCUT2D eigenvalue weighted by Gasteiger charge is 2.22. The van der Waals surface area contributed by atoms with E-state index in [0.29, 0.717) is 0 Å². The van der Waals surface area contributed by atoms with Crippen molar-refractivity contribution in [2.24, 2.45) is 0 Å². The zero-order chi connectivity index (χ0) is 14.1. The van der Waals surface area contributed by atoms with Gasteiger partial charge >= 0.3 is 0 Å². The van der Waals surface area contributed by atoms with Gasteiger partial charge < -0.3 is 11.5 Å². The van der Waals surface area contributed by atoms with Gasteiger partial charge in [0.05, 0.1) is 11.4 Å². The molecular formula is C18H22N2. The van der Waals surface area contributed by atoms with E-state index < -0.39 is 0 Å². The van der Waals surface area contributed by atoms with E-state index in [2.05, 4.69) is 37.3 Å². The van der Waals surface area contributed by atoms with Crippen molar-refractivity contribution in [2.75, 3.05) is 11.5 Å². The van der Waals surface area contributed by atoms with E-state index in [1.54, 1.807) is 0 Å². The monoisotopic (exact) mass is 266 g/mol. The Labute approximate surface area is 120 Å². The first-order valence-corrected chi connectivity index (χ1v) is 7.50. The fourth-order valence-corrected chi connectivity index (χ4v) is 3.15. The van der Waals surface area contributed by atoms with Gasteiger partial charge in [-0.2, -0.15) is 0 Å². The summed E-state index contributed by atoms with van der Waals surface area (Å²) in [5.74, 6) is 0. The molecule has 2 nitrogen and oxygen atoms in total. The number of unbranched alkanes of at least 4 members (excludes halogenated alkanes) is 2. The molecule has 0 saturated heterocycles. The molecule has 0 unspecified atom stereocenters. The number of aryl methyl sites for hydroxylation is 1. The Morgan fingerprint density at radius 1 is 1.00 bits per heavy atom. The molecule has 3 rings (SSSR count). The highest BCUT2D eigenvalue weighted by molar-refractivity contribution is 5.87. The smallest absolute Gasteiger partial charge is 0.0592 e. The molecule has 0 atom stereocenters. The van der Waals surface area contributed by atoms with Crippen LogP contribution in [0.2, 0.25) is 0 Å². The maximum atomic E-state index is 6.29. The summed E-state index contributed by atoms with van der Waals surface area (Å²) in [5.41, 5.74) is 20.5. The van der Waals surface area contributed by atoms with Crippen LogP contribution in [0.25, 0.3) is 11.1 Å². The minimum Gasteiger partial charge on any atom is -0.397 e. The third-order valence-corrected chi connectivity index (χ3v) is 4.33. The second-order valence-corrected chi connectivity index (χ2v) is 5.68. The zero-order valence-corrected chi connectivity index (χ0v) is 12.1. The van der Waals surface area contributed by atoms with Crippen molar-refractivity contribution in [3.8, 4) is 11.1 Å². The average Bonchev–Trinajstić information content (AvgIpc) is 2.83. The lowest BCUT2D eigenvalue weighted by atomic mass is 9.96. The van der Waals surface area contributed by atoms with Gasteiger partial charge in [-0.1, -0.05) is 44.0 Å². The van der Waals surface area contributed by atoms with Crippen LogP contribution in [0.5, 0.6) is 0 Å². The summed E-state index contributed by atoms with van der Waals surface area (Å²) < 4.78 is 0. The van der Waals surface area contributed by atoms with Crippen molar-refractivity contribution < 1.29 is 0 Å². The molecule has 0 spiro atoms. The van der Waals surface area contributed by atoms with E-state index in [4.69, 9.17) is 11.5 Å². The van der Waals surface area contributed by atoms with Gasteiger partial charge in [0.25, 0.3) is 0 Å². The van der Waals surface area contributed by atoms with Crippen LogP contribution in [-0.4, -0.2) is 0 Å². The molecule has 2 aromatic rings. The topological polar surface area (TPSA) is 52.0 Å². The molecule has 0 aliphatic heterocycles. The predicted octanol–water partition coefficient (Wildman–Crippen LogP) is 4.15. The van der Waals surface area contributed by atoms with Gasteiger partial charge in [-0.25, -0.2) is 0 Å². The summed E-state index contributed by atoms with van der Waals surface area (Å²) >= 11 is 0. The Morgan fingerprint density at radius 2 is 1.80 bits per heavy atom. The molecule has 0 heterocycles. The van der Waals surface area contributed by atoms with Crippen LogP contribution in [0.15, 0.2) is 30.3 Å². The van der Waals surface area contributed by atoms with Gasteiger partial charge in [-0.05, 0) is 46.7 Å². The van der Waals surface area contributed by atoms with E-state index in [-0.39, 0.29) is 0 Å². The van der Waals surface area contributed by atoms with Crippen molar-refractivity contribution in [2.45, 2.75) is 39.0 Å². The number of anilines is 2. The fraction of sp³-hybridized carbons (Fsp3) is 0.333. The Bertz CT molecular complexity index is 644. The maximum absolute atomic E-state index is 6.29. The third-order valence-electron chi connectivity index (χ3n) is 4.33. The van der Waals surface area contributed by atoms with E-state index in [1.807, 2.05) is 0 Å². The summed E-state index contributed by atoms with van der Waals surface area (Å²) in [6.07, 6.45) is 5.59. The average molecular weight is 266 g/mol. The Kier molecular flexibility index (Phi) is 3.39. The van der Waals surface area contributed by atoms with Crippen molar-refractivity contribution in [1.82, 2.24) is 0 Å². The molecule has 1 aliphatic carbocycles. The number of nitrogen functional groups attached to an aromatic ring is 2. The van der Waals surface area contributed by atoms with Gasteiger partial charge in [-0.3, -0.25) is 0 Å². The molecule has 0 radical (unpaired) electrons. The first kappa shape index (κ1) is 13.0. The standard InChI is InChI=1S/C18H22N2/c1-2-3-4-8-13-11-15-14-9-6-5-7-12(14)10-16(15)18(20)17(13)19/h5-7,9,11H,2-4,8,10,19-20H2,1H3. The number of fused-ring (bicyclic) bond motifs is 3. The van der Waals surface area contributed by atoms with Crippen LogP contribution in [0.4, 0.5) is 11.4 Å². The number of rotatable bonds is 4. The van der Waals surface area contributed by atoms with Gasteiger partial charge in [0.1, 0.15) is 0 Å². The number of benzene rings is 2. The minimum absolute atomic E-state index is 0.796. The lowest BCUT2D eigenvalue weighted by Crippen LogP contribution is -2.04. The summed E-state index contributed by atoms with van der Waals surface area (Å²) in [6.45, 7) is 2.22. The van der Waals surface area contributed by atoms with Crippen molar-refractivity contribution in [1.29, 1.82) is 0 Å². The Morgan fingerprint density at radius 3 is 2.60 bits per heavy atom. The lowest BCUT2D eigenvalue weighted by Gasteiger charge is -2.13. The molecule has 2 heteroatoms. The molecule has 2 aromatic carbocycles. The van der Waals surface area contributed by atoms with E-state index in [9.17, 15) is 0 Å². The molecule has 0 amide bonds. The van der Waals surface area contributed by atoms with Crippen LogP contribution < -0.4 is 11.5 Å². The van der Waals surface area contributed by atoms with Crippen LogP contribution in [0, 0.1) is 0 Å². The highest BCUT2D eigenvalue weighted by atomic mass is 14.7. The van der Waals surface area contributed by atoms with Gasteiger partial charge in [0, 0.05) is 6.42 Å². The summed E-state index contributed by atoms with van der Waals surface area (Å²) in [7, 11) is 0. The maximum Gasteiger partial charge on any atom is 0.0592 e. The summed E-state index contributed by atoms with van der Waals surface area (Å²) in [5, 5.41) is 0. The largest absolute Gasteiger partial charge is 0.397 e. The summed E-state index contributed by atoms with van der Waals surface area (Å²) in [6, 6.07) is 10.8. The van der Waals surface area contributed by atoms with E-state index in [1.165, 1.54) is 47.1 Å². The Hall–Kier alpha value is -1.96.